The second kappa shape index (κ2) is 8.58. The zero-order chi connectivity index (χ0) is 20.3. The summed E-state index contributed by atoms with van der Waals surface area (Å²) in [5.41, 5.74) is 0.498. The number of anilines is 1. The fourth-order valence-electron chi connectivity index (χ4n) is 3.95. The molecule has 8 nitrogen and oxygen atoms in total. The van der Waals surface area contributed by atoms with Crippen molar-refractivity contribution in [2.75, 3.05) is 31.1 Å². The minimum absolute atomic E-state index is 0.0848. The first-order chi connectivity index (χ1) is 13.4. The van der Waals surface area contributed by atoms with Gasteiger partial charge in [-0.15, -0.1) is 0 Å². The molecule has 2 atom stereocenters. The number of nitro benzene ring substituents is 1. The number of nitrogens with zero attached hydrogens (tertiary/aromatic N) is 3. The van der Waals surface area contributed by atoms with Crippen LogP contribution < -0.4 is 4.90 Å². The maximum atomic E-state index is 12.5. The molecule has 0 saturated carbocycles. The molecular formula is C20H27N3O5. The molecule has 0 spiro atoms. The molecule has 2 saturated heterocycles. The topological polar surface area (TPSA) is 93.0 Å². The van der Waals surface area contributed by atoms with E-state index in [0.29, 0.717) is 24.7 Å². The van der Waals surface area contributed by atoms with Crippen LogP contribution in [0, 0.1) is 16.0 Å². The van der Waals surface area contributed by atoms with E-state index in [-0.39, 0.29) is 17.2 Å². The monoisotopic (exact) mass is 389 g/mol. The van der Waals surface area contributed by atoms with Crippen LogP contribution in [0.25, 0.3) is 0 Å². The summed E-state index contributed by atoms with van der Waals surface area (Å²) in [7, 11) is 0. The van der Waals surface area contributed by atoms with Gasteiger partial charge in [0.1, 0.15) is 5.69 Å². The lowest BCUT2D eigenvalue weighted by atomic mass is 9.99. The number of amides is 1. The number of ether oxygens (including phenoxy) is 1. The molecule has 0 aromatic heterocycles. The third kappa shape index (κ3) is 4.43. The highest BCUT2D eigenvalue weighted by Gasteiger charge is 2.28. The van der Waals surface area contributed by atoms with Gasteiger partial charge in [-0.3, -0.25) is 14.9 Å². The van der Waals surface area contributed by atoms with Gasteiger partial charge >= 0.3 is 5.97 Å². The molecule has 0 N–H and O–H groups in total. The molecule has 0 radical (unpaired) electrons. The number of carbonyl (C=O) groups excluding carboxylic acids is 2. The van der Waals surface area contributed by atoms with E-state index in [4.69, 9.17) is 4.74 Å². The number of likely N-dealkylation sites (tertiary alicyclic amines) is 1. The average molecular weight is 389 g/mol. The summed E-state index contributed by atoms with van der Waals surface area (Å²) < 4.78 is 5.28. The Morgan fingerprint density at radius 2 is 1.93 bits per heavy atom. The molecular weight excluding hydrogens is 362 g/mol. The quantitative estimate of drug-likeness (QED) is 0.437. The van der Waals surface area contributed by atoms with Gasteiger partial charge < -0.3 is 14.5 Å². The van der Waals surface area contributed by atoms with Crippen molar-refractivity contribution in [3.05, 3.63) is 33.9 Å². The first-order valence-corrected chi connectivity index (χ1v) is 9.90. The molecule has 152 valence electrons. The number of benzene rings is 1. The van der Waals surface area contributed by atoms with Crippen LogP contribution in [-0.2, 0) is 9.53 Å². The SMILES string of the molecule is C[C@@H]1CCCN(c2ccc(C(=O)O[C@@H](C)C(=O)N3CCCC3)cc2[N+](=O)[O-])C1. The maximum absolute atomic E-state index is 12.5. The van der Waals surface area contributed by atoms with Gasteiger partial charge in [0, 0.05) is 32.2 Å². The number of piperidine rings is 1. The predicted molar refractivity (Wildman–Crippen MR) is 104 cm³/mol. The fourth-order valence-corrected chi connectivity index (χ4v) is 3.95. The normalized spacial score (nSPS) is 20.7. The van der Waals surface area contributed by atoms with E-state index in [9.17, 15) is 19.7 Å². The van der Waals surface area contributed by atoms with Gasteiger partial charge in [0.15, 0.2) is 6.10 Å². The molecule has 2 aliphatic heterocycles. The molecule has 1 amide bonds. The summed E-state index contributed by atoms with van der Waals surface area (Å²) in [4.78, 5) is 39.6. The van der Waals surface area contributed by atoms with Crippen molar-refractivity contribution in [1.82, 2.24) is 4.90 Å². The Kier molecular flexibility index (Phi) is 6.16. The van der Waals surface area contributed by atoms with Crippen molar-refractivity contribution in [3.8, 4) is 0 Å². The van der Waals surface area contributed by atoms with Crippen molar-refractivity contribution in [1.29, 1.82) is 0 Å². The van der Waals surface area contributed by atoms with Crippen LogP contribution in [0.5, 0.6) is 0 Å². The molecule has 2 fully saturated rings. The molecule has 2 aliphatic rings. The van der Waals surface area contributed by atoms with Crippen molar-refractivity contribution >= 4 is 23.3 Å². The fraction of sp³-hybridized carbons (Fsp3) is 0.600. The van der Waals surface area contributed by atoms with Crippen molar-refractivity contribution in [3.63, 3.8) is 0 Å². The van der Waals surface area contributed by atoms with Crippen molar-refractivity contribution < 1.29 is 19.2 Å². The summed E-state index contributed by atoms with van der Waals surface area (Å²) in [6.45, 7) is 6.53. The van der Waals surface area contributed by atoms with Gasteiger partial charge in [-0.05, 0) is 50.7 Å². The van der Waals surface area contributed by atoms with Crippen LogP contribution in [0.15, 0.2) is 18.2 Å². The number of nitro groups is 1. The number of carbonyl (C=O) groups is 2. The molecule has 28 heavy (non-hydrogen) atoms. The van der Waals surface area contributed by atoms with Crippen molar-refractivity contribution in [2.24, 2.45) is 5.92 Å². The highest BCUT2D eigenvalue weighted by Crippen LogP contribution is 2.32. The summed E-state index contributed by atoms with van der Waals surface area (Å²) >= 11 is 0. The summed E-state index contributed by atoms with van der Waals surface area (Å²) in [5, 5.41) is 11.6. The van der Waals surface area contributed by atoms with E-state index in [1.165, 1.54) is 19.1 Å². The highest BCUT2D eigenvalue weighted by atomic mass is 16.6. The second-order valence-electron chi connectivity index (χ2n) is 7.73. The van der Waals surface area contributed by atoms with Crippen LogP contribution in [-0.4, -0.2) is 54.0 Å². The predicted octanol–water partition coefficient (Wildman–Crippen LogP) is 3.00. The van der Waals surface area contributed by atoms with Gasteiger partial charge in [-0.2, -0.15) is 0 Å². The Bertz CT molecular complexity index is 760. The first kappa shape index (κ1) is 20.1. The third-order valence-corrected chi connectivity index (χ3v) is 5.45. The lowest BCUT2D eigenvalue weighted by Crippen LogP contribution is -2.38. The third-order valence-electron chi connectivity index (χ3n) is 5.45. The largest absolute Gasteiger partial charge is 0.449 e. The molecule has 8 heteroatoms. The summed E-state index contributed by atoms with van der Waals surface area (Å²) in [6, 6.07) is 4.40. The van der Waals surface area contributed by atoms with Gasteiger partial charge in [-0.25, -0.2) is 4.79 Å². The zero-order valence-electron chi connectivity index (χ0n) is 16.4. The number of hydrogen-bond acceptors (Lipinski definition) is 6. The summed E-state index contributed by atoms with van der Waals surface area (Å²) in [5.74, 6) is -0.476. The van der Waals surface area contributed by atoms with E-state index in [1.807, 2.05) is 4.90 Å². The first-order valence-electron chi connectivity index (χ1n) is 9.90. The zero-order valence-corrected chi connectivity index (χ0v) is 16.4. The van der Waals surface area contributed by atoms with Gasteiger partial charge in [0.05, 0.1) is 10.5 Å². The Balaban J connectivity index is 1.74. The van der Waals surface area contributed by atoms with E-state index in [0.717, 1.165) is 38.8 Å². The highest BCUT2D eigenvalue weighted by molar-refractivity contribution is 5.93. The van der Waals surface area contributed by atoms with Crippen LogP contribution in [0.1, 0.15) is 49.9 Å². The Morgan fingerprint density at radius 1 is 1.21 bits per heavy atom. The lowest BCUT2D eigenvalue weighted by molar-refractivity contribution is -0.384. The lowest BCUT2D eigenvalue weighted by Gasteiger charge is -2.32. The Morgan fingerprint density at radius 3 is 2.57 bits per heavy atom. The Hall–Kier alpha value is -2.64. The number of esters is 1. The Labute approximate surface area is 164 Å². The van der Waals surface area contributed by atoms with Crippen molar-refractivity contribution in [2.45, 2.75) is 45.6 Å². The van der Waals surface area contributed by atoms with E-state index >= 15 is 0 Å². The minimum atomic E-state index is -0.910. The maximum Gasteiger partial charge on any atom is 0.339 e. The molecule has 0 aliphatic carbocycles. The molecule has 2 heterocycles. The van der Waals surface area contributed by atoms with Crippen LogP contribution in [0.4, 0.5) is 11.4 Å². The molecule has 3 rings (SSSR count). The van der Waals surface area contributed by atoms with Gasteiger partial charge in [-0.1, -0.05) is 6.92 Å². The minimum Gasteiger partial charge on any atom is -0.449 e. The van der Waals surface area contributed by atoms with Gasteiger partial charge in [0.2, 0.25) is 0 Å². The molecule has 1 aromatic carbocycles. The van der Waals surface area contributed by atoms with Crippen LogP contribution >= 0.6 is 0 Å². The molecule has 0 unspecified atom stereocenters. The van der Waals surface area contributed by atoms with Crippen LogP contribution in [0.3, 0.4) is 0 Å². The average Bonchev–Trinajstić information content (AvgIpc) is 3.21. The smallest absolute Gasteiger partial charge is 0.339 e. The van der Waals surface area contributed by atoms with Gasteiger partial charge in [0.25, 0.3) is 11.6 Å². The summed E-state index contributed by atoms with van der Waals surface area (Å²) in [6.07, 6.45) is 3.09. The molecule has 0 bridgehead atoms. The van der Waals surface area contributed by atoms with E-state index in [2.05, 4.69) is 6.92 Å². The number of rotatable bonds is 5. The van der Waals surface area contributed by atoms with Crippen LogP contribution in [0.2, 0.25) is 0 Å². The standard InChI is InChI=1S/C20H27N3O5/c1-14-6-5-11-22(13-14)17-8-7-16(12-18(17)23(26)27)20(25)28-15(2)19(24)21-9-3-4-10-21/h7-8,12,14-15H,3-6,9-11,13H2,1-2H3/t14-,15+/m1/s1. The number of hydrogen-bond donors (Lipinski definition) is 0. The van der Waals surface area contributed by atoms with E-state index < -0.39 is 17.0 Å². The second-order valence-corrected chi connectivity index (χ2v) is 7.73. The molecule has 1 aromatic rings. The van der Waals surface area contributed by atoms with E-state index in [1.54, 1.807) is 11.0 Å².